The van der Waals surface area contributed by atoms with Gasteiger partial charge < -0.3 is 10.1 Å². The molecule has 1 aromatic heterocycles. The van der Waals surface area contributed by atoms with E-state index in [1.54, 1.807) is 24.4 Å². The molecule has 21 heavy (non-hydrogen) atoms. The van der Waals surface area contributed by atoms with Gasteiger partial charge >= 0.3 is 5.97 Å². The van der Waals surface area contributed by atoms with Crippen molar-refractivity contribution in [1.82, 2.24) is 10.3 Å². The molecule has 2 bridgehead atoms. The maximum absolute atomic E-state index is 12.5. The van der Waals surface area contributed by atoms with E-state index in [2.05, 4.69) is 22.5 Å². The van der Waals surface area contributed by atoms with Crippen LogP contribution in [-0.2, 0) is 14.3 Å². The molecule has 1 N–H and O–H groups in total. The molecule has 0 radical (unpaired) electrons. The van der Waals surface area contributed by atoms with E-state index in [9.17, 15) is 9.59 Å². The Morgan fingerprint density at radius 2 is 2.19 bits per heavy atom. The number of fused-ring (bicyclic) bond motifs is 2. The molecule has 1 saturated carbocycles. The van der Waals surface area contributed by atoms with Gasteiger partial charge in [-0.3, -0.25) is 9.78 Å². The number of amides is 1. The van der Waals surface area contributed by atoms with Crippen molar-refractivity contribution in [3.05, 3.63) is 42.2 Å². The molecule has 0 aromatic carbocycles. The first-order valence-corrected chi connectivity index (χ1v) is 7.16. The minimum absolute atomic E-state index is 0.0455. The van der Waals surface area contributed by atoms with Crippen molar-refractivity contribution in [1.29, 1.82) is 0 Å². The molecular weight excluding hydrogens is 268 g/mol. The minimum atomic E-state index is -0.841. The van der Waals surface area contributed by atoms with Crippen LogP contribution in [0.3, 0.4) is 0 Å². The van der Waals surface area contributed by atoms with Gasteiger partial charge in [-0.25, -0.2) is 4.79 Å². The van der Waals surface area contributed by atoms with Crippen LogP contribution < -0.4 is 5.32 Å². The van der Waals surface area contributed by atoms with Crippen molar-refractivity contribution in [2.45, 2.75) is 18.9 Å². The highest BCUT2D eigenvalue weighted by Crippen LogP contribution is 2.43. The highest BCUT2D eigenvalue weighted by atomic mass is 16.5. The van der Waals surface area contributed by atoms with Gasteiger partial charge in [-0.1, -0.05) is 18.2 Å². The summed E-state index contributed by atoms with van der Waals surface area (Å²) in [6.45, 7) is 0. The van der Waals surface area contributed by atoms with Gasteiger partial charge in [0, 0.05) is 12.1 Å². The minimum Gasteiger partial charge on any atom is -0.467 e. The van der Waals surface area contributed by atoms with Crippen molar-refractivity contribution in [2.24, 2.45) is 17.8 Å². The summed E-state index contributed by atoms with van der Waals surface area (Å²) in [7, 11) is 1.31. The number of hydrogen-bond acceptors (Lipinski definition) is 4. The van der Waals surface area contributed by atoms with Crippen molar-refractivity contribution in [2.75, 3.05) is 7.11 Å². The molecule has 2 aliphatic carbocycles. The molecule has 2 aliphatic rings. The van der Waals surface area contributed by atoms with Crippen LogP contribution >= 0.6 is 0 Å². The summed E-state index contributed by atoms with van der Waals surface area (Å²) in [5.74, 6) is 0.179. The molecule has 5 nitrogen and oxygen atoms in total. The highest BCUT2D eigenvalue weighted by Gasteiger charge is 2.41. The molecule has 4 atom stereocenters. The van der Waals surface area contributed by atoms with Crippen LogP contribution in [0, 0.1) is 17.8 Å². The normalized spacial score (nSPS) is 27.4. The summed E-state index contributed by atoms with van der Waals surface area (Å²) in [6, 6.07) is 4.42. The van der Waals surface area contributed by atoms with Gasteiger partial charge in [-0.05, 0) is 36.8 Å². The van der Waals surface area contributed by atoms with E-state index < -0.39 is 12.0 Å². The van der Waals surface area contributed by atoms with Gasteiger partial charge in [0.15, 0.2) is 6.04 Å². The number of esters is 1. The van der Waals surface area contributed by atoms with E-state index in [0.29, 0.717) is 17.5 Å². The summed E-state index contributed by atoms with van der Waals surface area (Å²) in [6.07, 6.45) is 7.81. The third kappa shape index (κ3) is 2.68. The van der Waals surface area contributed by atoms with Gasteiger partial charge in [0.2, 0.25) is 5.91 Å². The van der Waals surface area contributed by atoms with E-state index in [4.69, 9.17) is 4.74 Å². The lowest BCUT2D eigenvalue weighted by atomic mass is 9.92. The maximum atomic E-state index is 12.5. The molecule has 110 valence electrons. The second-order valence-corrected chi connectivity index (χ2v) is 5.61. The molecular formula is C16H18N2O3. The van der Waals surface area contributed by atoms with Crippen molar-refractivity contribution < 1.29 is 14.3 Å². The number of aromatic nitrogens is 1. The van der Waals surface area contributed by atoms with Crippen molar-refractivity contribution in [3.8, 4) is 0 Å². The largest absolute Gasteiger partial charge is 0.467 e. The zero-order chi connectivity index (χ0) is 14.8. The summed E-state index contributed by atoms with van der Waals surface area (Å²) < 4.78 is 4.78. The number of hydrogen-bond donors (Lipinski definition) is 1. The fourth-order valence-corrected chi connectivity index (χ4v) is 3.25. The molecule has 1 heterocycles. The second-order valence-electron chi connectivity index (χ2n) is 5.61. The SMILES string of the molecule is COC(=O)[C@@H](NC(=O)[C@H]1C[C@H]2C=C[C@H]1C2)c1ccccn1. The van der Waals surface area contributed by atoms with Gasteiger partial charge in [-0.15, -0.1) is 0 Å². The number of allylic oxidation sites excluding steroid dienone is 2. The molecule has 0 unspecified atom stereocenters. The Bertz CT molecular complexity index is 570. The molecule has 0 saturated heterocycles. The first kappa shape index (κ1) is 13.8. The van der Waals surface area contributed by atoms with Crippen LogP contribution in [0.4, 0.5) is 0 Å². The smallest absolute Gasteiger partial charge is 0.334 e. The number of nitrogens with zero attached hydrogens (tertiary/aromatic N) is 1. The first-order valence-electron chi connectivity index (χ1n) is 7.16. The van der Waals surface area contributed by atoms with Gasteiger partial charge in [-0.2, -0.15) is 0 Å². The molecule has 1 aromatic rings. The summed E-state index contributed by atoms with van der Waals surface area (Å²) >= 11 is 0. The third-order valence-electron chi connectivity index (χ3n) is 4.32. The van der Waals surface area contributed by atoms with E-state index in [1.807, 2.05) is 0 Å². The van der Waals surface area contributed by atoms with Gasteiger partial charge in [0.1, 0.15) is 0 Å². The predicted octanol–water partition coefficient (Wildman–Crippen LogP) is 1.62. The quantitative estimate of drug-likeness (QED) is 0.674. The molecule has 1 fully saturated rings. The first-order chi connectivity index (χ1) is 10.2. The average Bonchev–Trinajstić information content (AvgIpc) is 3.15. The molecule has 3 rings (SSSR count). The summed E-state index contributed by atoms with van der Waals surface area (Å²) in [5.41, 5.74) is 0.497. The Labute approximate surface area is 123 Å². The fraction of sp³-hybridized carbons (Fsp3) is 0.438. The Morgan fingerprint density at radius 1 is 1.33 bits per heavy atom. The molecule has 1 amide bonds. The zero-order valence-corrected chi connectivity index (χ0v) is 11.9. The topological polar surface area (TPSA) is 68.3 Å². The van der Waals surface area contributed by atoms with Crippen LogP contribution in [0.15, 0.2) is 36.5 Å². The van der Waals surface area contributed by atoms with Crippen molar-refractivity contribution >= 4 is 11.9 Å². The fourth-order valence-electron chi connectivity index (χ4n) is 3.25. The average molecular weight is 286 g/mol. The number of carbonyl (C=O) groups is 2. The van der Waals surface area contributed by atoms with Gasteiger partial charge in [0.25, 0.3) is 0 Å². The van der Waals surface area contributed by atoms with Crippen molar-refractivity contribution in [3.63, 3.8) is 0 Å². The third-order valence-corrected chi connectivity index (χ3v) is 4.32. The number of pyridine rings is 1. The van der Waals surface area contributed by atoms with E-state index in [1.165, 1.54) is 7.11 Å². The predicted molar refractivity (Wildman–Crippen MR) is 76.0 cm³/mol. The molecule has 0 aliphatic heterocycles. The highest BCUT2D eigenvalue weighted by molar-refractivity contribution is 5.87. The van der Waals surface area contributed by atoms with E-state index in [-0.39, 0.29) is 11.8 Å². The standard InChI is InChI=1S/C16H18N2O3/c1-21-16(20)14(13-4-2-3-7-17-13)18-15(19)12-9-10-5-6-11(12)8-10/h2-7,10-12,14H,8-9H2,1H3,(H,18,19)/t10-,11-,12-,14-/m0/s1. The zero-order valence-electron chi connectivity index (χ0n) is 11.9. The number of carbonyl (C=O) groups excluding carboxylic acids is 2. The Balaban J connectivity index is 1.74. The Hall–Kier alpha value is -2.17. The number of rotatable bonds is 4. The lowest BCUT2D eigenvalue weighted by Gasteiger charge is -2.21. The maximum Gasteiger partial charge on any atom is 0.334 e. The summed E-state index contributed by atoms with van der Waals surface area (Å²) in [4.78, 5) is 28.5. The van der Waals surface area contributed by atoms with Crippen LogP contribution in [0.1, 0.15) is 24.6 Å². The molecule has 5 heteroatoms. The van der Waals surface area contributed by atoms with Crippen LogP contribution in [-0.4, -0.2) is 24.0 Å². The van der Waals surface area contributed by atoms with Crippen LogP contribution in [0.25, 0.3) is 0 Å². The van der Waals surface area contributed by atoms with Crippen LogP contribution in [0.2, 0.25) is 0 Å². The van der Waals surface area contributed by atoms with Gasteiger partial charge in [0.05, 0.1) is 12.8 Å². The number of nitrogens with one attached hydrogen (secondary N) is 1. The monoisotopic (exact) mass is 286 g/mol. The molecule has 0 spiro atoms. The Kier molecular flexibility index (Phi) is 3.73. The second kappa shape index (κ2) is 5.68. The summed E-state index contributed by atoms with van der Waals surface area (Å²) in [5, 5.41) is 2.80. The van der Waals surface area contributed by atoms with E-state index >= 15 is 0 Å². The number of ether oxygens (including phenoxy) is 1. The Morgan fingerprint density at radius 3 is 2.76 bits per heavy atom. The lowest BCUT2D eigenvalue weighted by molar-refractivity contribution is -0.146. The van der Waals surface area contributed by atoms with E-state index in [0.717, 1.165) is 12.8 Å². The lowest BCUT2D eigenvalue weighted by Crippen LogP contribution is -2.39. The van der Waals surface area contributed by atoms with Crippen LogP contribution in [0.5, 0.6) is 0 Å². The number of methoxy groups -OCH3 is 1.